The molecule has 5 nitrogen and oxygen atoms in total. The van der Waals surface area contributed by atoms with E-state index in [0.29, 0.717) is 20.3 Å². The molecule has 0 aliphatic heterocycles. The van der Waals surface area contributed by atoms with Gasteiger partial charge in [0.15, 0.2) is 0 Å². The van der Waals surface area contributed by atoms with Crippen LogP contribution < -0.4 is 0 Å². The fourth-order valence-electron chi connectivity index (χ4n) is 1.28. The lowest BCUT2D eigenvalue weighted by Crippen LogP contribution is -2.03. The van der Waals surface area contributed by atoms with Crippen molar-refractivity contribution in [3.05, 3.63) is 41.0 Å². The first-order valence-corrected chi connectivity index (χ1v) is 6.79. The van der Waals surface area contributed by atoms with Crippen LogP contribution in [0.15, 0.2) is 35.2 Å². The minimum atomic E-state index is -1.21. The van der Waals surface area contributed by atoms with E-state index in [4.69, 9.17) is 0 Å². The summed E-state index contributed by atoms with van der Waals surface area (Å²) in [6.07, 6.45) is 1.56. The summed E-state index contributed by atoms with van der Waals surface area (Å²) in [5, 5.41) is 10.6. The van der Waals surface area contributed by atoms with Crippen LogP contribution in [0.2, 0.25) is 0 Å². The lowest BCUT2D eigenvalue weighted by atomic mass is 10.3. The van der Waals surface area contributed by atoms with Crippen molar-refractivity contribution < 1.29 is 9.48 Å². The molecule has 2 rings (SSSR count). The summed E-state index contributed by atoms with van der Waals surface area (Å²) in [5.41, 5.74) is 0.648. The van der Waals surface area contributed by atoms with Gasteiger partial charge >= 0.3 is 4.34 Å². The van der Waals surface area contributed by atoms with Crippen molar-refractivity contribution in [1.29, 1.82) is 0 Å². The quantitative estimate of drug-likeness (QED) is 0.369. The van der Waals surface area contributed by atoms with E-state index < -0.39 is 16.1 Å². The second-order valence-electron chi connectivity index (χ2n) is 3.19. The maximum absolute atomic E-state index is 11.7. The van der Waals surface area contributed by atoms with Gasteiger partial charge in [0, 0.05) is 23.3 Å². The van der Waals surface area contributed by atoms with E-state index in [-0.39, 0.29) is 5.69 Å². The molecule has 0 N–H and O–H groups in total. The Kier molecular flexibility index (Phi) is 3.41. The monoisotopic (exact) mass is 268 g/mol. The van der Waals surface area contributed by atoms with E-state index in [1.54, 1.807) is 12.1 Å². The Morgan fingerprint density at radius 1 is 1.59 bits per heavy atom. The second kappa shape index (κ2) is 4.82. The Balaban J connectivity index is 2.43. The first kappa shape index (κ1) is 12.0. The van der Waals surface area contributed by atoms with Crippen LogP contribution in [-0.2, 0) is 11.2 Å². The van der Waals surface area contributed by atoms with Gasteiger partial charge in [-0.25, -0.2) is 0 Å². The van der Waals surface area contributed by atoms with Gasteiger partial charge in [-0.3, -0.25) is 10.1 Å². The highest BCUT2D eigenvalue weighted by Crippen LogP contribution is 2.29. The zero-order valence-corrected chi connectivity index (χ0v) is 10.3. The van der Waals surface area contributed by atoms with Crippen molar-refractivity contribution in [2.75, 3.05) is 5.75 Å². The lowest BCUT2D eigenvalue weighted by Gasteiger charge is -2.01. The molecule has 1 unspecified atom stereocenters. The number of fused-ring (bicyclic) bond motifs is 1. The van der Waals surface area contributed by atoms with E-state index in [0.717, 1.165) is 0 Å². The zero-order valence-electron chi connectivity index (χ0n) is 8.66. The second-order valence-corrected chi connectivity index (χ2v) is 5.89. The summed E-state index contributed by atoms with van der Waals surface area (Å²) in [7, 11) is 0. The summed E-state index contributed by atoms with van der Waals surface area (Å²) < 4.78 is 12.8. The topological polar surface area (TPSA) is 79.1 Å². The average Bonchev–Trinajstić information content (AvgIpc) is 2.71. The lowest BCUT2D eigenvalue weighted by molar-refractivity contribution is -0.384. The summed E-state index contributed by atoms with van der Waals surface area (Å²) >= 11 is -0.000487. The van der Waals surface area contributed by atoms with Crippen LogP contribution in [0.4, 0.5) is 5.69 Å². The third-order valence-electron chi connectivity index (χ3n) is 2.03. The molecule has 0 radical (unpaired) electrons. The van der Waals surface area contributed by atoms with Crippen LogP contribution >= 0.6 is 11.3 Å². The number of aromatic nitrogens is 1. The molecule has 0 saturated carbocycles. The van der Waals surface area contributed by atoms with Gasteiger partial charge in [-0.15, -0.1) is 0 Å². The molecule has 1 atom stereocenters. The molecular formula is C10H8N2O3S2. The predicted octanol–water partition coefficient (Wildman–Crippen LogP) is 2.50. The number of nitrogens with zero attached hydrogens (tertiary/aromatic N) is 2. The fraction of sp³-hybridized carbons (Fsp3) is 0.100. The Labute approximate surface area is 104 Å². The number of benzene rings is 1. The molecule has 0 aliphatic carbocycles. The van der Waals surface area contributed by atoms with Gasteiger partial charge in [-0.2, -0.15) is 4.98 Å². The van der Waals surface area contributed by atoms with Gasteiger partial charge < -0.3 is 4.55 Å². The van der Waals surface area contributed by atoms with E-state index in [9.17, 15) is 14.7 Å². The van der Waals surface area contributed by atoms with Crippen molar-refractivity contribution in [2.24, 2.45) is 0 Å². The Bertz CT molecular complexity index is 582. The van der Waals surface area contributed by atoms with Gasteiger partial charge in [0.25, 0.3) is 5.69 Å². The third-order valence-corrected chi connectivity index (χ3v) is 4.67. The summed E-state index contributed by atoms with van der Waals surface area (Å²) in [6.45, 7) is 3.51. The molecule has 2 aromatic rings. The van der Waals surface area contributed by atoms with Crippen LogP contribution in [0.1, 0.15) is 0 Å². The number of thiazole rings is 1. The summed E-state index contributed by atoms with van der Waals surface area (Å²) in [5.74, 6) is 0.335. The van der Waals surface area contributed by atoms with E-state index >= 15 is 0 Å². The largest absolute Gasteiger partial charge is 0.609 e. The number of nitro groups is 1. The molecular weight excluding hydrogens is 260 g/mol. The fourth-order valence-corrected chi connectivity index (χ4v) is 3.41. The number of rotatable bonds is 4. The minimum absolute atomic E-state index is 0.0159. The minimum Gasteiger partial charge on any atom is -0.609 e. The summed E-state index contributed by atoms with van der Waals surface area (Å²) in [6, 6.07) is 4.41. The highest BCUT2D eigenvalue weighted by atomic mass is 32.2. The Morgan fingerprint density at radius 2 is 2.35 bits per heavy atom. The van der Waals surface area contributed by atoms with Crippen LogP contribution in [0.5, 0.6) is 0 Å². The number of nitro benzene ring substituents is 1. The highest BCUT2D eigenvalue weighted by molar-refractivity contribution is 7.93. The molecule has 17 heavy (non-hydrogen) atoms. The number of non-ortho nitro benzene ring substituents is 1. The number of hydrogen-bond donors (Lipinski definition) is 0. The summed E-state index contributed by atoms with van der Waals surface area (Å²) in [4.78, 5) is 14.3. The molecule has 1 aromatic heterocycles. The van der Waals surface area contributed by atoms with E-state index in [2.05, 4.69) is 11.6 Å². The third kappa shape index (κ3) is 2.46. The van der Waals surface area contributed by atoms with Crippen LogP contribution in [0.25, 0.3) is 10.2 Å². The maximum Gasteiger partial charge on any atom is 0.302 e. The first-order chi connectivity index (χ1) is 8.11. The van der Waals surface area contributed by atoms with Crippen LogP contribution in [-0.4, -0.2) is 20.2 Å². The van der Waals surface area contributed by atoms with Crippen molar-refractivity contribution in [3.63, 3.8) is 0 Å². The molecule has 0 aliphatic rings. The smallest absolute Gasteiger partial charge is 0.302 e. The molecule has 0 spiro atoms. The van der Waals surface area contributed by atoms with E-state index in [1.165, 1.54) is 23.5 Å². The Morgan fingerprint density at radius 3 is 3.00 bits per heavy atom. The standard InChI is InChI=1S/C10H8N2O3S2/c1-2-5-17(15)10-11-8-4-3-7(12(13)14)6-9(8)16-10/h2-4,6H,1,5H2. The SMILES string of the molecule is C=CC[S+]([O-])c1nc2ccc([N+](=O)[O-])cc2s1. The van der Waals surface area contributed by atoms with Crippen molar-refractivity contribution in [1.82, 2.24) is 4.98 Å². The van der Waals surface area contributed by atoms with Crippen molar-refractivity contribution >= 4 is 38.4 Å². The number of hydrogen-bond acceptors (Lipinski definition) is 5. The molecule has 1 aromatic carbocycles. The predicted molar refractivity (Wildman–Crippen MR) is 67.7 cm³/mol. The molecule has 0 bridgehead atoms. The zero-order chi connectivity index (χ0) is 12.4. The van der Waals surface area contributed by atoms with Gasteiger partial charge in [0.05, 0.1) is 15.1 Å². The van der Waals surface area contributed by atoms with Gasteiger partial charge in [0.1, 0.15) is 5.75 Å². The maximum atomic E-state index is 11.7. The molecule has 88 valence electrons. The van der Waals surface area contributed by atoms with Gasteiger partial charge in [-0.05, 0) is 12.1 Å². The van der Waals surface area contributed by atoms with Crippen molar-refractivity contribution in [3.8, 4) is 0 Å². The normalized spacial score (nSPS) is 12.5. The average molecular weight is 268 g/mol. The molecule has 1 heterocycles. The highest BCUT2D eigenvalue weighted by Gasteiger charge is 2.17. The van der Waals surface area contributed by atoms with Gasteiger partial charge in [-0.1, -0.05) is 17.9 Å². The molecule has 0 saturated heterocycles. The van der Waals surface area contributed by atoms with Crippen LogP contribution in [0.3, 0.4) is 0 Å². The first-order valence-electron chi connectivity index (χ1n) is 4.66. The molecule has 0 fully saturated rings. The van der Waals surface area contributed by atoms with Crippen molar-refractivity contribution in [2.45, 2.75) is 4.34 Å². The molecule has 0 amide bonds. The Hall–Kier alpha value is -1.44. The van der Waals surface area contributed by atoms with Gasteiger partial charge in [0.2, 0.25) is 0 Å². The van der Waals surface area contributed by atoms with E-state index in [1.807, 2.05) is 0 Å². The molecule has 7 heteroatoms. The van der Waals surface area contributed by atoms with Crippen LogP contribution in [0, 0.1) is 10.1 Å².